The Labute approximate surface area is 191 Å². The van der Waals surface area contributed by atoms with Crippen LogP contribution in [-0.4, -0.2) is 68.1 Å². The van der Waals surface area contributed by atoms with Crippen molar-refractivity contribution in [2.24, 2.45) is 4.99 Å². The molecule has 0 unspecified atom stereocenters. The van der Waals surface area contributed by atoms with Gasteiger partial charge in [-0.1, -0.05) is 35.5 Å². The van der Waals surface area contributed by atoms with E-state index in [9.17, 15) is 13.2 Å². The van der Waals surface area contributed by atoms with Crippen molar-refractivity contribution in [2.45, 2.75) is 10.6 Å². The molecule has 7 nitrogen and oxygen atoms in total. The first-order valence-corrected chi connectivity index (χ1v) is 12.7. The standard InChI is InChI=1S/C21H22ClN3O4S2/c22-18-5-1-16(2-6-18)15-30-21-23-9-10-25(21)20(26)17-3-7-19(8-4-17)31(27,28)24-11-13-29-14-12-24/h1-8H,9-15H2. The van der Waals surface area contributed by atoms with Gasteiger partial charge in [0.1, 0.15) is 0 Å². The van der Waals surface area contributed by atoms with E-state index in [-0.39, 0.29) is 10.8 Å². The van der Waals surface area contributed by atoms with Gasteiger partial charge in [0.15, 0.2) is 5.17 Å². The highest BCUT2D eigenvalue weighted by Crippen LogP contribution is 2.23. The zero-order valence-corrected chi connectivity index (χ0v) is 19.1. The number of hydrogen-bond donors (Lipinski definition) is 0. The normalized spacial score (nSPS) is 17.6. The summed E-state index contributed by atoms with van der Waals surface area (Å²) in [5.74, 6) is 0.492. The molecule has 1 fully saturated rings. The summed E-state index contributed by atoms with van der Waals surface area (Å²) in [5.41, 5.74) is 1.52. The first-order valence-electron chi connectivity index (χ1n) is 9.87. The van der Waals surface area contributed by atoms with Gasteiger partial charge in [0.25, 0.3) is 5.91 Å². The van der Waals surface area contributed by atoms with E-state index in [1.54, 1.807) is 17.0 Å². The van der Waals surface area contributed by atoms with Crippen LogP contribution in [0.25, 0.3) is 0 Å². The molecule has 1 saturated heterocycles. The Balaban J connectivity index is 1.42. The molecule has 4 rings (SSSR count). The van der Waals surface area contributed by atoms with E-state index < -0.39 is 10.0 Å². The number of carbonyl (C=O) groups excluding carboxylic acids is 1. The average molecular weight is 480 g/mol. The molecule has 10 heteroatoms. The molecule has 0 atom stereocenters. The SMILES string of the molecule is O=C(c1ccc(S(=O)(=O)N2CCOCC2)cc1)N1CCN=C1SCc1ccc(Cl)cc1. The van der Waals surface area contributed by atoms with Gasteiger partial charge in [-0.05, 0) is 42.0 Å². The summed E-state index contributed by atoms with van der Waals surface area (Å²) in [5, 5.41) is 1.35. The summed E-state index contributed by atoms with van der Waals surface area (Å²) >= 11 is 7.42. The second kappa shape index (κ2) is 9.70. The molecule has 1 amide bonds. The van der Waals surface area contributed by atoms with Crippen LogP contribution >= 0.6 is 23.4 Å². The van der Waals surface area contributed by atoms with Crippen molar-refractivity contribution in [3.63, 3.8) is 0 Å². The van der Waals surface area contributed by atoms with Crippen LogP contribution in [0, 0.1) is 0 Å². The molecule has 0 aliphatic carbocycles. The maximum Gasteiger partial charge on any atom is 0.259 e. The van der Waals surface area contributed by atoms with Gasteiger partial charge in [0.2, 0.25) is 10.0 Å². The molecule has 0 N–H and O–H groups in total. The van der Waals surface area contributed by atoms with Crippen LogP contribution in [0.5, 0.6) is 0 Å². The molecule has 0 spiro atoms. The van der Waals surface area contributed by atoms with Gasteiger partial charge in [0, 0.05) is 36.0 Å². The molecule has 2 aromatic carbocycles. The summed E-state index contributed by atoms with van der Waals surface area (Å²) < 4.78 is 32.2. The number of benzene rings is 2. The van der Waals surface area contributed by atoms with Crippen molar-refractivity contribution in [1.29, 1.82) is 0 Å². The van der Waals surface area contributed by atoms with E-state index in [1.165, 1.54) is 28.2 Å². The van der Waals surface area contributed by atoms with Gasteiger partial charge in [-0.2, -0.15) is 4.31 Å². The van der Waals surface area contributed by atoms with Gasteiger partial charge >= 0.3 is 0 Å². The molecule has 2 aromatic rings. The Morgan fingerprint density at radius 2 is 1.71 bits per heavy atom. The smallest absolute Gasteiger partial charge is 0.259 e. The predicted molar refractivity (Wildman–Crippen MR) is 122 cm³/mol. The molecule has 0 aromatic heterocycles. The zero-order chi connectivity index (χ0) is 21.8. The number of hydrogen-bond acceptors (Lipinski definition) is 6. The molecule has 2 aliphatic heterocycles. The lowest BCUT2D eigenvalue weighted by Crippen LogP contribution is -2.40. The summed E-state index contributed by atoms with van der Waals surface area (Å²) in [6.07, 6.45) is 0. The zero-order valence-electron chi connectivity index (χ0n) is 16.7. The Morgan fingerprint density at radius 3 is 2.39 bits per heavy atom. The molecule has 0 bridgehead atoms. The summed E-state index contributed by atoms with van der Waals surface area (Å²) in [7, 11) is -3.59. The number of nitrogens with zero attached hydrogens (tertiary/aromatic N) is 3. The molecular weight excluding hydrogens is 458 g/mol. The van der Waals surface area contributed by atoms with Crippen LogP contribution in [0.1, 0.15) is 15.9 Å². The number of amidine groups is 1. The molecule has 0 radical (unpaired) electrons. The molecule has 2 heterocycles. The van der Waals surface area contributed by atoms with Gasteiger partial charge in [-0.3, -0.25) is 14.7 Å². The Kier molecular flexibility index (Phi) is 6.98. The molecule has 0 saturated carbocycles. The third-order valence-corrected chi connectivity index (χ3v) is 8.29. The molecular formula is C21H22ClN3O4S2. The summed E-state index contributed by atoms with van der Waals surface area (Å²) in [6.45, 7) is 2.51. The van der Waals surface area contributed by atoms with Gasteiger partial charge in [-0.25, -0.2) is 8.42 Å². The second-order valence-corrected chi connectivity index (χ2v) is 10.4. The number of amides is 1. The van der Waals surface area contributed by atoms with Crippen molar-refractivity contribution in [3.8, 4) is 0 Å². The fraction of sp³-hybridized carbons (Fsp3) is 0.333. The van der Waals surface area contributed by atoms with Gasteiger partial charge in [0.05, 0.1) is 24.7 Å². The van der Waals surface area contributed by atoms with Gasteiger partial charge < -0.3 is 4.74 Å². The number of carbonyl (C=O) groups is 1. The quantitative estimate of drug-likeness (QED) is 0.658. The topological polar surface area (TPSA) is 79.3 Å². The van der Waals surface area contributed by atoms with Crippen molar-refractivity contribution < 1.29 is 17.9 Å². The van der Waals surface area contributed by atoms with Crippen molar-refractivity contribution in [2.75, 3.05) is 39.4 Å². The number of thioether (sulfide) groups is 1. The Hall–Kier alpha value is -1.91. The second-order valence-electron chi connectivity index (χ2n) is 7.08. The number of ether oxygens (including phenoxy) is 1. The highest BCUT2D eigenvalue weighted by molar-refractivity contribution is 8.13. The highest BCUT2D eigenvalue weighted by atomic mass is 35.5. The largest absolute Gasteiger partial charge is 0.379 e. The van der Waals surface area contributed by atoms with Crippen LogP contribution in [0.3, 0.4) is 0 Å². The third kappa shape index (κ3) is 5.12. The molecule has 2 aliphatic rings. The Bertz CT molecular complexity index is 1070. The van der Waals surface area contributed by atoms with E-state index in [2.05, 4.69) is 4.99 Å². The molecule has 164 valence electrons. The van der Waals surface area contributed by atoms with Crippen molar-refractivity contribution in [1.82, 2.24) is 9.21 Å². The maximum atomic E-state index is 13.0. The minimum Gasteiger partial charge on any atom is -0.379 e. The third-order valence-electron chi connectivity index (χ3n) is 5.04. The van der Waals surface area contributed by atoms with E-state index in [1.807, 2.05) is 24.3 Å². The number of sulfonamides is 1. The lowest BCUT2D eigenvalue weighted by molar-refractivity contribution is 0.0730. The van der Waals surface area contributed by atoms with Crippen LogP contribution < -0.4 is 0 Å². The number of morpholine rings is 1. The first-order chi connectivity index (χ1) is 14.9. The fourth-order valence-corrected chi connectivity index (χ4v) is 5.86. The fourth-order valence-electron chi connectivity index (χ4n) is 3.33. The lowest BCUT2D eigenvalue weighted by atomic mass is 10.2. The minimum absolute atomic E-state index is 0.179. The lowest BCUT2D eigenvalue weighted by Gasteiger charge is -2.26. The monoisotopic (exact) mass is 479 g/mol. The maximum absolute atomic E-state index is 13.0. The van der Waals surface area contributed by atoms with E-state index >= 15 is 0 Å². The van der Waals surface area contributed by atoms with Crippen LogP contribution in [0.15, 0.2) is 58.4 Å². The summed E-state index contributed by atoms with van der Waals surface area (Å²) in [4.78, 5) is 19.3. The van der Waals surface area contributed by atoms with Crippen LogP contribution in [0.4, 0.5) is 0 Å². The average Bonchev–Trinajstić information content (AvgIpc) is 3.27. The molecule has 31 heavy (non-hydrogen) atoms. The minimum atomic E-state index is -3.59. The highest BCUT2D eigenvalue weighted by Gasteiger charge is 2.28. The van der Waals surface area contributed by atoms with E-state index in [0.29, 0.717) is 60.9 Å². The van der Waals surface area contributed by atoms with Crippen molar-refractivity contribution >= 4 is 44.5 Å². The first kappa shape index (κ1) is 22.3. The predicted octanol–water partition coefficient (Wildman–Crippen LogP) is 3.11. The van der Waals surface area contributed by atoms with E-state index in [0.717, 1.165) is 5.56 Å². The number of halogens is 1. The van der Waals surface area contributed by atoms with Gasteiger partial charge in [-0.15, -0.1) is 0 Å². The Morgan fingerprint density at radius 1 is 1.03 bits per heavy atom. The van der Waals surface area contributed by atoms with Crippen LogP contribution in [-0.2, 0) is 20.5 Å². The van der Waals surface area contributed by atoms with Crippen molar-refractivity contribution in [3.05, 3.63) is 64.7 Å². The number of rotatable bonds is 5. The van der Waals surface area contributed by atoms with E-state index in [4.69, 9.17) is 16.3 Å². The summed E-state index contributed by atoms with van der Waals surface area (Å²) in [6, 6.07) is 13.7. The number of aliphatic imine (C=N–C) groups is 1. The van der Waals surface area contributed by atoms with Crippen LogP contribution in [0.2, 0.25) is 5.02 Å².